The molecule has 0 amide bonds. The Hall–Kier alpha value is -2.05. The number of nitrogens with zero attached hydrogens (tertiary/aromatic N) is 2. The number of fused-ring (bicyclic) bond motifs is 2. The van der Waals surface area contributed by atoms with E-state index in [4.69, 9.17) is 0 Å². The molecule has 1 aliphatic rings. The summed E-state index contributed by atoms with van der Waals surface area (Å²) in [6.45, 7) is 4.56. The lowest BCUT2D eigenvalue weighted by atomic mass is 10.2. The fourth-order valence-corrected chi connectivity index (χ4v) is 6.11. The van der Waals surface area contributed by atoms with E-state index in [-0.39, 0.29) is 4.90 Å². The fourth-order valence-electron chi connectivity index (χ4n) is 3.28. The average Bonchev–Trinajstić information content (AvgIpc) is 2.79. The molecule has 0 bridgehead atoms. The maximum Gasteiger partial charge on any atom is 0.266 e. The van der Waals surface area contributed by atoms with Gasteiger partial charge in [0.15, 0.2) is 0 Å². The predicted molar refractivity (Wildman–Crippen MR) is 107 cm³/mol. The minimum absolute atomic E-state index is 0.268. The Bertz CT molecular complexity index is 1080. The molecular formula is C20H20N2O2S2. The molecule has 0 saturated carbocycles. The molecule has 0 fully saturated rings. The number of rotatable bonds is 2. The maximum absolute atomic E-state index is 13.6. The molecule has 0 aliphatic carbocycles. The summed E-state index contributed by atoms with van der Waals surface area (Å²) in [6, 6.07) is 15.1. The summed E-state index contributed by atoms with van der Waals surface area (Å²) in [7, 11) is -3.70. The van der Waals surface area contributed by atoms with Gasteiger partial charge in [-0.05, 0) is 43.2 Å². The molecule has 4 nitrogen and oxygen atoms in total. The Labute approximate surface area is 158 Å². The SMILES string of the molecule is Cc1cnc2c(S(=O)(=O)N3CCC(C)Sc4ccccc43)cccc2c1. The predicted octanol–water partition coefficient (Wildman–Crippen LogP) is 4.62. The highest BCUT2D eigenvalue weighted by Gasteiger charge is 2.31. The van der Waals surface area contributed by atoms with E-state index in [2.05, 4.69) is 11.9 Å². The Morgan fingerprint density at radius 3 is 2.81 bits per heavy atom. The third kappa shape index (κ3) is 2.97. The molecule has 0 saturated heterocycles. The number of aromatic nitrogens is 1. The second-order valence-electron chi connectivity index (χ2n) is 6.60. The molecule has 6 heteroatoms. The zero-order valence-corrected chi connectivity index (χ0v) is 16.3. The van der Waals surface area contributed by atoms with Crippen LogP contribution in [-0.2, 0) is 10.0 Å². The summed E-state index contributed by atoms with van der Waals surface area (Å²) in [6.07, 6.45) is 2.52. The molecule has 1 unspecified atom stereocenters. The van der Waals surface area contributed by atoms with Crippen molar-refractivity contribution in [3.63, 3.8) is 0 Å². The molecule has 1 aromatic heterocycles. The summed E-state index contributed by atoms with van der Waals surface area (Å²) < 4.78 is 28.7. The number of para-hydroxylation sites is 2. The lowest BCUT2D eigenvalue weighted by Gasteiger charge is -2.24. The lowest BCUT2D eigenvalue weighted by Crippen LogP contribution is -2.32. The number of thioether (sulfide) groups is 1. The first-order valence-electron chi connectivity index (χ1n) is 8.60. The van der Waals surface area contributed by atoms with Crippen molar-refractivity contribution in [3.05, 3.63) is 60.3 Å². The van der Waals surface area contributed by atoms with Gasteiger partial charge in [-0.15, -0.1) is 11.8 Å². The van der Waals surface area contributed by atoms with Crippen molar-refractivity contribution in [3.8, 4) is 0 Å². The average molecular weight is 385 g/mol. The minimum atomic E-state index is -3.70. The van der Waals surface area contributed by atoms with E-state index in [0.717, 1.165) is 28.0 Å². The summed E-state index contributed by atoms with van der Waals surface area (Å²) in [5.74, 6) is 0. The first kappa shape index (κ1) is 17.4. The van der Waals surface area contributed by atoms with Crippen LogP contribution >= 0.6 is 11.8 Å². The van der Waals surface area contributed by atoms with Crippen LogP contribution in [0.4, 0.5) is 5.69 Å². The van der Waals surface area contributed by atoms with Crippen LogP contribution in [0.25, 0.3) is 10.9 Å². The summed E-state index contributed by atoms with van der Waals surface area (Å²) in [5, 5.41) is 1.21. The molecule has 0 N–H and O–H groups in total. The van der Waals surface area contributed by atoms with E-state index in [1.54, 1.807) is 34.4 Å². The van der Waals surface area contributed by atoms with Crippen LogP contribution in [0.15, 0.2) is 64.5 Å². The monoisotopic (exact) mass is 384 g/mol. The number of sulfonamides is 1. The highest BCUT2D eigenvalue weighted by molar-refractivity contribution is 8.00. The standard InChI is InChI=1S/C20H20N2O2S2/c1-14-12-16-6-5-9-19(20(16)21-13-14)26(23,24)22-11-10-15(2)25-18-8-4-3-7-17(18)22/h3-9,12-13,15H,10-11H2,1-2H3. The lowest BCUT2D eigenvalue weighted by molar-refractivity contribution is 0.590. The van der Waals surface area contributed by atoms with Crippen LogP contribution in [-0.4, -0.2) is 25.2 Å². The molecule has 2 heterocycles. The minimum Gasteiger partial charge on any atom is -0.265 e. The highest BCUT2D eigenvalue weighted by Crippen LogP contribution is 2.40. The molecule has 1 atom stereocenters. The number of benzene rings is 2. The normalized spacial score (nSPS) is 17.8. The van der Waals surface area contributed by atoms with Gasteiger partial charge in [-0.1, -0.05) is 31.2 Å². The molecule has 2 aromatic carbocycles. The van der Waals surface area contributed by atoms with Crippen LogP contribution in [0.2, 0.25) is 0 Å². The van der Waals surface area contributed by atoms with E-state index in [0.29, 0.717) is 17.3 Å². The molecule has 134 valence electrons. The van der Waals surface area contributed by atoms with E-state index in [1.165, 1.54) is 0 Å². The van der Waals surface area contributed by atoms with Gasteiger partial charge in [-0.2, -0.15) is 0 Å². The molecule has 4 rings (SSSR count). The third-order valence-electron chi connectivity index (χ3n) is 4.58. The quantitative estimate of drug-likeness (QED) is 0.647. The van der Waals surface area contributed by atoms with Crippen LogP contribution in [0.1, 0.15) is 18.9 Å². The van der Waals surface area contributed by atoms with Crippen molar-refractivity contribution >= 4 is 38.4 Å². The largest absolute Gasteiger partial charge is 0.266 e. The van der Waals surface area contributed by atoms with Crippen LogP contribution in [0.3, 0.4) is 0 Å². The summed E-state index contributed by atoms with van der Waals surface area (Å²) >= 11 is 1.73. The zero-order valence-electron chi connectivity index (χ0n) is 14.7. The van der Waals surface area contributed by atoms with Crippen LogP contribution < -0.4 is 4.31 Å². The van der Waals surface area contributed by atoms with Gasteiger partial charge in [0.25, 0.3) is 10.0 Å². The van der Waals surface area contributed by atoms with Crippen molar-refractivity contribution in [1.29, 1.82) is 0 Å². The molecule has 0 spiro atoms. The van der Waals surface area contributed by atoms with Gasteiger partial charge in [0.05, 0.1) is 11.2 Å². The van der Waals surface area contributed by atoms with Gasteiger partial charge >= 0.3 is 0 Å². The highest BCUT2D eigenvalue weighted by atomic mass is 32.2. The second kappa shape index (κ2) is 6.59. The van der Waals surface area contributed by atoms with Crippen molar-refractivity contribution in [2.45, 2.75) is 35.3 Å². The van der Waals surface area contributed by atoms with E-state index in [1.807, 2.05) is 43.3 Å². The third-order valence-corrected chi connectivity index (χ3v) is 7.66. The second-order valence-corrected chi connectivity index (χ2v) is 9.91. The Morgan fingerprint density at radius 1 is 1.15 bits per heavy atom. The fraction of sp³-hybridized carbons (Fsp3) is 0.250. The zero-order chi connectivity index (χ0) is 18.3. The van der Waals surface area contributed by atoms with Crippen molar-refractivity contribution in [2.75, 3.05) is 10.8 Å². The maximum atomic E-state index is 13.6. The van der Waals surface area contributed by atoms with Gasteiger partial charge in [0.2, 0.25) is 0 Å². The van der Waals surface area contributed by atoms with Crippen LogP contribution in [0, 0.1) is 6.92 Å². The number of pyridine rings is 1. The van der Waals surface area contributed by atoms with E-state index in [9.17, 15) is 8.42 Å². The summed E-state index contributed by atoms with van der Waals surface area (Å²) in [5.41, 5.74) is 2.30. The first-order valence-corrected chi connectivity index (χ1v) is 10.9. The smallest absolute Gasteiger partial charge is 0.265 e. The Kier molecular flexibility index (Phi) is 4.40. The van der Waals surface area contributed by atoms with Crippen LogP contribution in [0.5, 0.6) is 0 Å². The molecule has 1 aliphatic heterocycles. The summed E-state index contributed by atoms with van der Waals surface area (Å²) in [4.78, 5) is 5.70. The topological polar surface area (TPSA) is 50.3 Å². The molecule has 3 aromatic rings. The van der Waals surface area contributed by atoms with Crippen molar-refractivity contribution in [1.82, 2.24) is 4.98 Å². The van der Waals surface area contributed by atoms with Gasteiger partial charge in [-0.3, -0.25) is 9.29 Å². The van der Waals surface area contributed by atoms with Gasteiger partial charge in [0.1, 0.15) is 4.90 Å². The molecule has 26 heavy (non-hydrogen) atoms. The van der Waals surface area contributed by atoms with E-state index >= 15 is 0 Å². The molecule has 0 radical (unpaired) electrons. The number of hydrogen-bond acceptors (Lipinski definition) is 4. The van der Waals surface area contributed by atoms with E-state index < -0.39 is 10.0 Å². The van der Waals surface area contributed by atoms with Gasteiger partial charge < -0.3 is 0 Å². The first-order chi connectivity index (χ1) is 12.5. The van der Waals surface area contributed by atoms with Crippen molar-refractivity contribution < 1.29 is 8.42 Å². The van der Waals surface area contributed by atoms with Crippen molar-refractivity contribution in [2.24, 2.45) is 0 Å². The number of hydrogen-bond donors (Lipinski definition) is 0. The van der Waals surface area contributed by atoms with Gasteiger partial charge in [-0.25, -0.2) is 8.42 Å². The Morgan fingerprint density at radius 2 is 1.96 bits per heavy atom. The van der Waals surface area contributed by atoms with Gasteiger partial charge in [0, 0.05) is 28.3 Å². The Balaban J connectivity index is 1.90. The number of aryl methyl sites for hydroxylation is 1. The molecular weight excluding hydrogens is 364 g/mol. The number of anilines is 1.